The van der Waals surface area contributed by atoms with Gasteiger partial charge in [-0.25, -0.2) is 9.97 Å². The normalized spacial score (nSPS) is 11.7. The summed E-state index contributed by atoms with van der Waals surface area (Å²) in [5.74, 6) is 1.30. The molecule has 4 heteroatoms. The third kappa shape index (κ3) is 4.34. The van der Waals surface area contributed by atoms with Gasteiger partial charge in [-0.15, -0.1) is 0 Å². The van der Waals surface area contributed by atoms with Crippen LogP contribution in [0.3, 0.4) is 0 Å². The molecule has 0 atom stereocenters. The SMILES string of the molecule is CCc1ccc2oc(-c3ccc(C=Cc4ccc(-c5nc6cc(CC)ccc6o5)cc4)cc3)nc2c1. The van der Waals surface area contributed by atoms with Crippen LogP contribution in [0.1, 0.15) is 36.1 Å². The highest BCUT2D eigenvalue weighted by Crippen LogP contribution is 2.27. The zero-order valence-electron chi connectivity index (χ0n) is 20.4. The number of benzene rings is 4. The van der Waals surface area contributed by atoms with Crippen molar-refractivity contribution in [1.82, 2.24) is 9.97 Å². The second-order valence-electron chi connectivity index (χ2n) is 8.93. The van der Waals surface area contributed by atoms with Gasteiger partial charge < -0.3 is 8.83 Å². The molecule has 36 heavy (non-hydrogen) atoms. The van der Waals surface area contributed by atoms with Gasteiger partial charge in [-0.2, -0.15) is 0 Å². The van der Waals surface area contributed by atoms with Crippen LogP contribution in [0, 0.1) is 0 Å². The van der Waals surface area contributed by atoms with Gasteiger partial charge in [0.05, 0.1) is 0 Å². The van der Waals surface area contributed by atoms with Crippen molar-refractivity contribution in [3.8, 4) is 22.9 Å². The van der Waals surface area contributed by atoms with Gasteiger partial charge >= 0.3 is 0 Å². The zero-order chi connectivity index (χ0) is 24.5. The molecule has 0 N–H and O–H groups in total. The lowest BCUT2D eigenvalue weighted by Crippen LogP contribution is -1.80. The Morgan fingerprint density at radius 2 is 0.972 bits per heavy atom. The highest BCUT2D eigenvalue weighted by molar-refractivity contribution is 5.79. The van der Waals surface area contributed by atoms with E-state index in [0.717, 1.165) is 57.3 Å². The lowest BCUT2D eigenvalue weighted by Gasteiger charge is -1.99. The molecule has 0 spiro atoms. The molecule has 0 fully saturated rings. The molecule has 4 nitrogen and oxygen atoms in total. The minimum atomic E-state index is 0.648. The fraction of sp³-hybridized carbons (Fsp3) is 0.125. The molecule has 6 aromatic rings. The van der Waals surface area contributed by atoms with E-state index in [-0.39, 0.29) is 0 Å². The van der Waals surface area contributed by atoms with E-state index < -0.39 is 0 Å². The summed E-state index contributed by atoms with van der Waals surface area (Å²) in [5, 5.41) is 0. The van der Waals surface area contributed by atoms with Crippen molar-refractivity contribution in [1.29, 1.82) is 0 Å². The maximum atomic E-state index is 5.96. The van der Waals surface area contributed by atoms with E-state index >= 15 is 0 Å². The monoisotopic (exact) mass is 470 g/mol. The molecule has 0 amide bonds. The molecule has 2 aromatic heterocycles. The second-order valence-corrected chi connectivity index (χ2v) is 8.93. The molecule has 0 unspecified atom stereocenters. The number of aryl methyl sites for hydroxylation is 2. The molecular weight excluding hydrogens is 444 g/mol. The van der Waals surface area contributed by atoms with Gasteiger partial charge in [-0.1, -0.05) is 62.4 Å². The topological polar surface area (TPSA) is 52.1 Å². The second kappa shape index (κ2) is 9.31. The summed E-state index contributed by atoms with van der Waals surface area (Å²) in [6, 6.07) is 28.9. The lowest BCUT2D eigenvalue weighted by atomic mass is 10.1. The molecule has 2 heterocycles. The maximum Gasteiger partial charge on any atom is 0.227 e. The molecule has 0 aliphatic rings. The van der Waals surface area contributed by atoms with Crippen molar-refractivity contribution in [2.24, 2.45) is 0 Å². The molecule has 0 radical (unpaired) electrons. The molecule has 4 aromatic carbocycles. The third-order valence-corrected chi connectivity index (χ3v) is 6.50. The Bertz CT molecular complexity index is 1560. The Balaban J connectivity index is 1.17. The Hall–Kier alpha value is -4.44. The molecule has 0 aliphatic heterocycles. The summed E-state index contributed by atoms with van der Waals surface area (Å²) < 4.78 is 11.9. The van der Waals surface area contributed by atoms with Crippen molar-refractivity contribution in [2.75, 3.05) is 0 Å². The maximum absolute atomic E-state index is 5.96. The van der Waals surface area contributed by atoms with Gasteiger partial charge in [0.2, 0.25) is 11.8 Å². The van der Waals surface area contributed by atoms with E-state index in [1.807, 2.05) is 36.4 Å². The average molecular weight is 471 g/mol. The zero-order valence-corrected chi connectivity index (χ0v) is 20.4. The number of hydrogen-bond acceptors (Lipinski definition) is 4. The lowest BCUT2D eigenvalue weighted by molar-refractivity contribution is 0.619. The van der Waals surface area contributed by atoms with Crippen LogP contribution < -0.4 is 0 Å². The van der Waals surface area contributed by atoms with Crippen LogP contribution in [0.2, 0.25) is 0 Å². The molecule has 0 saturated carbocycles. The first kappa shape index (κ1) is 22.1. The Morgan fingerprint density at radius 3 is 1.36 bits per heavy atom. The van der Waals surface area contributed by atoms with Gasteiger partial charge in [0.1, 0.15) is 11.0 Å². The van der Waals surface area contributed by atoms with E-state index in [2.05, 4.69) is 84.5 Å². The van der Waals surface area contributed by atoms with E-state index in [1.54, 1.807) is 0 Å². The van der Waals surface area contributed by atoms with Crippen molar-refractivity contribution in [3.63, 3.8) is 0 Å². The van der Waals surface area contributed by atoms with Crippen LogP contribution in [-0.4, -0.2) is 9.97 Å². The Labute approximate surface area is 209 Å². The smallest absolute Gasteiger partial charge is 0.227 e. The van der Waals surface area contributed by atoms with Crippen molar-refractivity contribution >= 4 is 34.4 Å². The predicted octanol–water partition coefficient (Wildman–Crippen LogP) is 8.60. The molecule has 6 rings (SSSR count). The van der Waals surface area contributed by atoms with E-state index in [4.69, 9.17) is 8.83 Å². The van der Waals surface area contributed by atoms with Crippen molar-refractivity contribution < 1.29 is 8.83 Å². The van der Waals surface area contributed by atoms with Gasteiger partial charge in [0.25, 0.3) is 0 Å². The summed E-state index contributed by atoms with van der Waals surface area (Å²) in [6.45, 7) is 4.28. The van der Waals surface area contributed by atoms with Gasteiger partial charge in [0.15, 0.2) is 11.2 Å². The van der Waals surface area contributed by atoms with E-state index in [0.29, 0.717) is 11.8 Å². The van der Waals surface area contributed by atoms with Crippen LogP contribution in [0.5, 0.6) is 0 Å². The fourth-order valence-corrected chi connectivity index (χ4v) is 4.30. The standard InChI is InChI=1S/C32H26N2O2/c1-3-21-11-17-29-27(19-21)33-31(35-29)25-13-7-23(8-14-25)5-6-24-9-15-26(16-10-24)32-34-28-20-22(4-2)12-18-30(28)36-32/h5-20H,3-4H2,1-2H3. The first-order valence-corrected chi connectivity index (χ1v) is 12.4. The van der Waals surface area contributed by atoms with Crippen LogP contribution >= 0.6 is 0 Å². The molecular formula is C32H26N2O2. The minimum absolute atomic E-state index is 0.648. The van der Waals surface area contributed by atoms with Gasteiger partial charge in [0, 0.05) is 11.1 Å². The summed E-state index contributed by atoms with van der Waals surface area (Å²) in [6.07, 6.45) is 6.17. The number of nitrogens with zero attached hydrogens (tertiary/aromatic N) is 2. The predicted molar refractivity (Wildman–Crippen MR) is 147 cm³/mol. The van der Waals surface area contributed by atoms with Crippen molar-refractivity contribution in [2.45, 2.75) is 26.7 Å². The molecule has 0 bridgehead atoms. The Morgan fingerprint density at radius 1 is 0.556 bits per heavy atom. The number of hydrogen-bond donors (Lipinski definition) is 0. The number of aromatic nitrogens is 2. The minimum Gasteiger partial charge on any atom is -0.436 e. The highest BCUT2D eigenvalue weighted by atomic mass is 16.4. The first-order valence-electron chi connectivity index (χ1n) is 12.4. The van der Waals surface area contributed by atoms with Crippen LogP contribution in [0.25, 0.3) is 57.3 Å². The summed E-state index contributed by atoms with van der Waals surface area (Å²) in [5.41, 5.74) is 10.1. The summed E-state index contributed by atoms with van der Waals surface area (Å²) in [4.78, 5) is 9.35. The van der Waals surface area contributed by atoms with E-state index in [1.165, 1.54) is 11.1 Å². The quantitative estimate of drug-likeness (QED) is 0.229. The largest absolute Gasteiger partial charge is 0.436 e. The van der Waals surface area contributed by atoms with Crippen LogP contribution in [0.15, 0.2) is 93.8 Å². The van der Waals surface area contributed by atoms with Crippen molar-refractivity contribution in [3.05, 3.63) is 107 Å². The van der Waals surface area contributed by atoms with Gasteiger partial charge in [-0.05, 0) is 83.6 Å². The average Bonchev–Trinajstić information content (AvgIpc) is 3.56. The highest BCUT2D eigenvalue weighted by Gasteiger charge is 2.10. The number of oxazole rings is 2. The van der Waals surface area contributed by atoms with E-state index in [9.17, 15) is 0 Å². The van der Waals surface area contributed by atoms with Crippen LogP contribution in [-0.2, 0) is 12.8 Å². The summed E-state index contributed by atoms with van der Waals surface area (Å²) >= 11 is 0. The van der Waals surface area contributed by atoms with Crippen LogP contribution in [0.4, 0.5) is 0 Å². The molecule has 0 saturated heterocycles. The summed E-state index contributed by atoms with van der Waals surface area (Å²) in [7, 11) is 0. The Kier molecular flexibility index (Phi) is 5.70. The number of fused-ring (bicyclic) bond motifs is 2. The number of rotatable bonds is 6. The fourth-order valence-electron chi connectivity index (χ4n) is 4.30. The third-order valence-electron chi connectivity index (χ3n) is 6.50. The first-order chi connectivity index (χ1) is 17.7. The molecule has 0 aliphatic carbocycles. The molecule has 176 valence electrons. The van der Waals surface area contributed by atoms with Gasteiger partial charge in [-0.3, -0.25) is 0 Å².